The van der Waals surface area contributed by atoms with E-state index in [0.29, 0.717) is 17.4 Å². The molecule has 9 nitrogen and oxygen atoms in total. The van der Waals surface area contributed by atoms with E-state index >= 15 is 0 Å². The first-order chi connectivity index (χ1) is 29.0. The summed E-state index contributed by atoms with van der Waals surface area (Å²) in [6.07, 6.45) is 46.6. The number of unbranched alkanes of at least 4 members (excludes halogenated alkanes) is 31. The number of nitrogens with zero attached hydrogens (tertiary/aromatic N) is 1. The first kappa shape index (κ1) is 58.8. The highest BCUT2D eigenvalue weighted by atomic mass is 31.2. The van der Waals surface area contributed by atoms with Crippen molar-refractivity contribution >= 4 is 19.8 Å². The Morgan fingerprint density at radius 2 is 0.850 bits per heavy atom. The Morgan fingerprint density at radius 3 is 1.23 bits per heavy atom. The smallest absolute Gasteiger partial charge is 0.306 e. The summed E-state index contributed by atoms with van der Waals surface area (Å²) in [4.78, 5) is 37.7. The average molecular weight is 872 g/mol. The molecule has 0 aliphatic carbocycles. The Bertz CT molecular complexity index is 1030. The van der Waals surface area contributed by atoms with Crippen LogP contribution in [0.25, 0.3) is 0 Å². The van der Waals surface area contributed by atoms with E-state index in [2.05, 4.69) is 26.0 Å². The number of ether oxygens (including phenoxy) is 2. The lowest BCUT2D eigenvalue weighted by molar-refractivity contribution is -0.870. The molecule has 0 amide bonds. The Kier molecular flexibility index (Phi) is 42.1. The molecule has 356 valence electrons. The Morgan fingerprint density at radius 1 is 0.500 bits per heavy atom. The number of esters is 2. The second kappa shape index (κ2) is 43.0. The number of hydrogen-bond donors (Lipinski definition) is 0. The Balaban J connectivity index is 4.23. The van der Waals surface area contributed by atoms with E-state index in [-0.39, 0.29) is 32.0 Å². The van der Waals surface area contributed by atoms with E-state index in [1.165, 1.54) is 167 Å². The van der Waals surface area contributed by atoms with Gasteiger partial charge < -0.3 is 27.9 Å². The molecule has 0 aromatic heterocycles. The summed E-state index contributed by atoms with van der Waals surface area (Å²) < 4.78 is 34.0. The zero-order valence-corrected chi connectivity index (χ0v) is 41.1. The number of phosphoric acid groups is 1. The fraction of sp³-hybridized carbons (Fsp3) is 0.920. The minimum absolute atomic E-state index is 0.0283. The van der Waals surface area contributed by atoms with E-state index in [0.717, 1.165) is 44.9 Å². The van der Waals surface area contributed by atoms with Crippen LogP contribution in [0, 0.1) is 0 Å². The number of carbonyl (C=O) groups excluding carboxylic acids is 2. The minimum Gasteiger partial charge on any atom is -0.756 e. The summed E-state index contributed by atoms with van der Waals surface area (Å²) in [5.41, 5.74) is 0. The Hall–Kier alpha value is -1.25. The van der Waals surface area contributed by atoms with Gasteiger partial charge in [-0.1, -0.05) is 206 Å². The van der Waals surface area contributed by atoms with E-state index in [4.69, 9.17) is 18.5 Å². The maximum Gasteiger partial charge on any atom is 0.306 e. The Labute approximate surface area is 371 Å². The summed E-state index contributed by atoms with van der Waals surface area (Å²) in [5.74, 6) is -0.824. The maximum atomic E-state index is 12.7. The van der Waals surface area contributed by atoms with E-state index in [1.807, 2.05) is 21.1 Å². The van der Waals surface area contributed by atoms with Crippen LogP contribution in [-0.2, 0) is 32.7 Å². The van der Waals surface area contributed by atoms with E-state index in [9.17, 15) is 19.0 Å². The number of quaternary nitrogens is 1. The molecular weight excluding hydrogens is 774 g/mol. The number of rotatable bonds is 47. The summed E-state index contributed by atoms with van der Waals surface area (Å²) in [6, 6.07) is 0. The van der Waals surface area contributed by atoms with Crippen LogP contribution in [0.5, 0.6) is 0 Å². The number of allylic oxidation sites excluding steroid dienone is 2. The zero-order valence-electron chi connectivity index (χ0n) is 40.2. The van der Waals surface area contributed by atoms with Crippen LogP contribution in [0.3, 0.4) is 0 Å². The first-order valence-corrected chi connectivity index (χ1v) is 26.9. The average Bonchev–Trinajstić information content (AvgIpc) is 3.20. The molecule has 0 fully saturated rings. The van der Waals surface area contributed by atoms with Gasteiger partial charge in [-0.3, -0.25) is 14.2 Å². The van der Waals surface area contributed by atoms with Crippen molar-refractivity contribution < 1.29 is 42.1 Å². The molecule has 0 N–H and O–H groups in total. The van der Waals surface area contributed by atoms with Crippen LogP contribution in [0.15, 0.2) is 12.2 Å². The predicted octanol–water partition coefficient (Wildman–Crippen LogP) is 14.3. The van der Waals surface area contributed by atoms with Crippen molar-refractivity contribution in [1.82, 2.24) is 0 Å². The highest BCUT2D eigenvalue weighted by Gasteiger charge is 2.21. The van der Waals surface area contributed by atoms with Gasteiger partial charge in [-0.2, -0.15) is 0 Å². The van der Waals surface area contributed by atoms with Crippen molar-refractivity contribution in [3.8, 4) is 0 Å². The van der Waals surface area contributed by atoms with E-state index < -0.39 is 26.5 Å². The monoisotopic (exact) mass is 872 g/mol. The largest absolute Gasteiger partial charge is 0.756 e. The van der Waals surface area contributed by atoms with Crippen LogP contribution >= 0.6 is 7.82 Å². The highest BCUT2D eigenvalue weighted by Crippen LogP contribution is 2.38. The van der Waals surface area contributed by atoms with Crippen LogP contribution in [0.4, 0.5) is 0 Å². The van der Waals surface area contributed by atoms with Crippen LogP contribution in [0.1, 0.15) is 245 Å². The third-order valence-corrected chi connectivity index (χ3v) is 12.2. The molecule has 0 heterocycles. The van der Waals surface area contributed by atoms with Gasteiger partial charge in [0.2, 0.25) is 0 Å². The molecule has 60 heavy (non-hydrogen) atoms. The summed E-state index contributed by atoms with van der Waals surface area (Å²) in [7, 11) is 1.18. The molecule has 0 bridgehead atoms. The number of hydrogen-bond acceptors (Lipinski definition) is 8. The molecule has 0 aromatic rings. The van der Waals surface area contributed by atoms with Gasteiger partial charge in [0.05, 0.1) is 27.7 Å². The van der Waals surface area contributed by atoms with Crippen LogP contribution in [-0.4, -0.2) is 70.0 Å². The molecule has 0 aliphatic rings. The van der Waals surface area contributed by atoms with E-state index in [1.54, 1.807) is 0 Å². The molecule has 0 saturated carbocycles. The third-order valence-electron chi connectivity index (χ3n) is 11.3. The number of phosphoric ester groups is 1. The lowest BCUT2D eigenvalue weighted by Gasteiger charge is -2.28. The summed E-state index contributed by atoms with van der Waals surface area (Å²) in [5, 5.41) is 0. The second-order valence-electron chi connectivity index (χ2n) is 18.5. The van der Waals surface area contributed by atoms with Crippen molar-refractivity contribution in [2.45, 2.75) is 251 Å². The van der Waals surface area contributed by atoms with Crippen LogP contribution < -0.4 is 4.89 Å². The van der Waals surface area contributed by atoms with Crippen molar-refractivity contribution in [2.24, 2.45) is 0 Å². The summed E-state index contributed by atoms with van der Waals surface area (Å²) >= 11 is 0. The highest BCUT2D eigenvalue weighted by molar-refractivity contribution is 7.45. The maximum absolute atomic E-state index is 12.7. The van der Waals surface area contributed by atoms with Crippen molar-refractivity contribution in [2.75, 3.05) is 47.5 Å². The molecular formula is C50H98NO8P. The molecule has 0 spiro atoms. The zero-order chi connectivity index (χ0) is 44.3. The van der Waals surface area contributed by atoms with Crippen molar-refractivity contribution in [3.63, 3.8) is 0 Å². The molecule has 2 atom stereocenters. The molecule has 1 unspecified atom stereocenters. The standard InChI is InChI=1S/C50H98NO8P/c1-6-8-10-12-14-16-18-20-22-24-25-27-28-30-32-34-36-38-40-42-49(52)56-46-48(47-58-60(54,55)57-45-44-51(3,4)5)59-50(53)43-41-39-37-35-33-31-29-26-23-21-19-17-15-13-11-9-7-2/h21,23,48H,6-20,22,24-47H2,1-5H3/b23-21-/t48-/m1/s1. The van der Waals surface area contributed by atoms with Gasteiger partial charge >= 0.3 is 11.9 Å². The quantitative estimate of drug-likeness (QED) is 0.0195. The lowest BCUT2D eigenvalue weighted by atomic mass is 10.0. The van der Waals surface area contributed by atoms with Gasteiger partial charge in [-0.05, 0) is 38.5 Å². The fourth-order valence-corrected chi connectivity index (χ4v) is 8.03. The molecule has 10 heteroatoms. The minimum atomic E-state index is -4.62. The van der Waals surface area contributed by atoms with Crippen molar-refractivity contribution in [3.05, 3.63) is 12.2 Å². The van der Waals surface area contributed by atoms with Crippen molar-refractivity contribution in [1.29, 1.82) is 0 Å². The number of likely N-dealkylation sites (N-methyl/N-ethyl adjacent to an activating group) is 1. The third kappa shape index (κ3) is 46.3. The topological polar surface area (TPSA) is 111 Å². The van der Waals surface area contributed by atoms with Gasteiger partial charge in [0.15, 0.2) is 6.10 Å². The first-order valence-electron chi connectivity index (χ1n) is 25.4. The molecule has 0 aromatic carbocycles. The van der Waals surface area contributed by atoms with Gasteiger partial charge in [0.1, 0.15) is 19.8 Å². The number of carbonyl (C=O) groups is 2. The second-order valence-corrected chi connectivity index (χ2v) is 20.0. The normalized spacial score (nSPS) is 13.5. The lowest BCUT2D eigenvalue weighted by Crippen LogP contribution is -2.37. The molecule has 0 aliphatic heterocycles. The van der Waals surface area contributed by atoms with Gasteiger partial charge in [0.25, 0.3) is 7.82 Å². The fourth-order valence-electron chi connectivity index (χ4n) is 7.30. The molecule has 0 saturated heterocycles. The SMILES string of the molecule is CCCCCCCC/C=C\CCCCCCCCCC(=O)O[C@H](COC(=O)CCCCCCCCCCCCCCCCCCCCC)COP(=O)([O-])OCC[N+](C)(C)C. The van der Waals surface area contributed by atoms with Gasteiger partial charge in [-0.25, -0.2) is 0 Å². The van der Waals surface area contributed by atoms with Crippen LogP contribution in [0.2, 0.25) is 0 Å². The molecule has 0 rings (SSSR count). The summed E-state index contributed by atoms with van der Waals surface area (Å²) in [6.45, 7) is 4.27. The van der Waals surface area contributed by atoms with Gasteiger partial charge in [-0.15, -0.1) is 0 Å². The molecule has 0 radical (unpaired) electrons. The van der Waals surface area contributed by atoms with Gasteiger partial charge in [0, 0.05) is 12.8 Å². The predicted molar refractivity (Wildman–Crippen MR) is 250 cm³/mol.